The number of benzene rings is 3. The van der Waals surface area contributed by atoms with Crippen molar-refractivity contribution in [1.82, 2.24) is 10.2 Å². The largest absolute Gasteiger partial charge is 0.483 e. The van der Waals surface area contributed by atoms with Gasteiger partial charge >= 0.3 is 0 Å². The van der Waals surface area contributed by atoms with E-state index in [1.54, 1.807) is 0 Å². The zero-order valence-electron chi connectivity index (χ0n) is 19.1. The molecule has 0 atom stereocenters. The maximum Gasteiger partial charge on any atom is 0.262 e. The third kappa shape index (κ3) is 5.17. The Bertz CT molecular complexity index is 1240. The summed E-state index contributed by atoms with van der Waals surface area (Å²) in [6.45, 7) is 2.04. The number of ether oxygens (including phenoxy) is 1. The summed E-state index contributed by atoms with van der Waals surface area (Å²) < 4.78 is 5.78. The minimum absolute atomic E-state index is 0.0564. The van der Waals surface area contributed by atoms with Crippen LogP contribution in [0.5, 0.6) is 5.75 Å². The maximum absolute atomic E-state index is 12.4. The quantitative estimate of drug-likeness (QED) is 0.407. The van der Waals surface area contributed by atoms with Crippen molar-refractivity contribution in [1.29, 1.82) is 0 Å². The van der Waals surface area contributed by atoms with Crippen molar-refractivity contribution in [2.45, 2.75) is 25.7 Å². The molecule has 0 spiro atoms. The maximum atomic E-state index is 12.4. The van der Waals surface area contributed by atoms with Crippen molar-refractivity contribution in [3.05, 3.63) is 78.9 Å². The molecule has 34 heavy (non-hydrogen) atoms. The van der Waals surface area contributed by atoms with E-state index >= 15 is 0 Å². The van der Waals surface area contributed by atoms with Crippen LogP contribution < -0.4 is 15.0 Å². The summed E-state index contributed by atoms with van der Waals surface area (Å²) in [5, 5.41) is 13.9. The molecule has 0 radical (unpaired) electrons. The second-order valence-electron chi connectivity index (χ2n) is 8.57. The van der Waals surface area contributed by atoms with Gasteiger partial charge in [0.1, 0.15) is 5.75 Å². The Morgan fingerprint density at radius 1 is 0.824 bits per heavy atom. The van der Waals surface area contributed by atoms with E-state index in [2.05, 4.69) is 20.4 Å². The van der Waals surface area contributed by atoms with Gasteiger partial charge in [-0.2, -0.15) is 0 Å². The fourth-order valence-corrected chi connectivity index (χ4v) is 4.33. The lowest BCUT2D eigenvalue weighted by Gasteiger charge is -2.20. The molecule has 1 amide bonds. The van der Waals surface area contributed by atoms with Crippen molar-refractivity contribution in [3.63, 3.8) is 0 Å². The molecule has 0 saturated carbocycles. The van der Waals surface area contributed by atoms with Crippen molar-refractivity contribution in [2.75, 3.05) is 29.9 Å². The highest BCUT2D eigenvalue weighted by atomic mass is 16.5. The van der Waals surface area contributed by atoms with Gasteiger partial charge in [-0.3, -0.25) is 4.79 Å². The van der Waals surface area contributed by atoms with E-state index in [1.807, 2.05) is 78.9 Å². The van der Waals surface area contributed by atoms with Gasteiger partial charge in [-0.05, 0) is 48.6 Å². The molecular formula is C28H28N4O2. The van der Waals surface area contributed by atoms with E-state index in [0.717, 1.165) is 40.9 Å². The number of aromatic nitrogens is 2. The molecule has 2 heterocycles. The van der Waals surface area contributed by atoms with Crippen LogP contribution in [0.15, 0.2) is 78.9 Å². The Balaban J connectivity index is 1.18. The minimum atomic E-state index is -0.206. The first-order valence-corrected chi connectivity index (χ1v) is 11.9. The fourth-order valence-electron chi connectivity index (χ4n) is 4.33. The van der Waals surface area contributed by atoms with Gasteiger partial charge in [-0.25, -0.2) is 0 Å². The number of nitrogens with zero attached hydrogens (tertiary/aromatic N) is 3. The zero-order chi connectivity index (χ0) is 23.2. The van der Waals surface area contributed by atoms with E-state index in [9.17, 15) is 4.79 Å². The topological polar surface area (TPSA) is 67.3 Å². The van der Waals surface area contributed by atoms with Crippen LogP contribution >= 0.6 is 0 Å². The lowest BCUT2D eigenvalue weighted by atomic mass is 10.1. The number of amides is 1. The first-order valence-electron chi connectivity index (χ1n) is 11.9. The summed E-state index contributed by atoms with van der Waals surface area (Å²) in [4.78, 5) is 14.7. The van der Waals surface area contributed by atoms with Crippen LogP contribution in [0.3, 0.4) is 0 Å². The Labute approximate surface area is 199 Å². The molecule has 3 aromatic carbocycles. The number of anilines is 2. The molecule has 1 aliphatic heterocycles. The van der Waals surface area contributed by atoms with Crippen LogP contribution in [0.1, 0.15) is 25.7 Å². The van der Waals surface area contributed by atoms with E-state index in [0.29, 0.717) is 11.4 Å². The van der Waals surface area contributed by atoms with Crippen molar-refractivity contribution < 1.29 is 9.53 Å². The predicted molar refractivity (Wildman–Crippen MR) is 136 cm³/mol. The zero-order valence-corrected chi connectivity index (χ0v) is 19.1. The lowest BCUT2D eigenvalue weighted by molar-refractivity contribution is -0.118. The molecule has 0 aliphatic carbocycles. The monoisotopic (exact) mass is 452 g/mol. The van der Waals surface area contributed by atoms with E-state index < -0.39 is 0 Å². The highest BCUT2D eigenvalue weighted by Gasteiger charge is 2.12. The molecule has 5 rings (SSSR count). The third-order valence-electron chi connectivity index (χ3n) is 6.15. The number of hydrogen-bond donors (Lipinski definition) is 1. The average Bonchev–Trinajstić information content (AvgIpc) is 3.18. The molecule has 0 unspecified atom stereocenters. The lowest BCUT2D eigenvalue weighted by Crippen LogP contribution is -2.25. The van der Waals surface area contributed by atoms with Crippen LogP contribution in [0.2, 0.25) is 0 Å². The molecule has 1 N–H and O–H groups in total. The number of hydrogen-bond acceptors (Lipinski definition) is 5. The van der Waals surface area contributed by atoms with Crippen LogP contribution in [-0.4, -0.2) is 35.8 Å². The van der Waals surface area contributed by atoms with Gasteiger partial charge < -0.3 is 15.0 Å². The second kappa shape index (κ2) is 10.3. The minimum Gasteiger partial charge on any atom is -0.483 e. The van der Waals surface area contributed by atoms with Gasteiger partial charge in [-0.1, -0.05) is 61.4 Å². The van der Waals surface area contributed by atoms with Gasteiger partial charge in [0, 0.05) is 29.7 Å². The van der Waals surface area contributed by atoms with Gasteiger partial charge in [0.15, 0.2) is 12.4 Å². The summed E-state index contributed by atoms with van der Waals surface area (Å²) in [6, 6.07) is 25.5. The molecule has 172 valence electrons. The molecule has 4 aromatic rings. The molecular weight excluding hydrogens is 424 g/mol. The summed E-state index contributed by atoms with van der Waals surface area (Å²) >= 11 is 0. The van der Waals surface area contributed by atoms with Gasteiger partial charge in [-0.15, -0.1) is 10.2 Å². The first kappa shape index (κ1) is 21.9. The normalized spacial score (nSPS) is 13.9. The average molecular weight is 453 g/mol. The van der Waals surface area contributed by atoms with Crippen LogP contribution in [0.4, 0.5) is 11.5 Å². The Morgan fingerprint density at radius 3 is 2.35 bits per heavy atom. The van der Waals surface area contributed by atoms with Crippen LogP contribution in [-0.2, 0) is 4.79 Å². The molecule has 1 saturated heterocycles. The number of nitrogens with one attached hydrogen (secondary N) is 1. The first-order chi connectivity index (χ1) is 16.8. The molecule has 0 bridgehead atoms. The molecule has 1 aliphatic rings. The molecule has 1 aromatic heterocycles. The fraction of sp³-hybridized carbons (Fsp3) is 0.250. The van der Waals surface area contributed by atoms with Gasteiger partial charge in [0.2, 0.25) is 0 Å². The van der Waals surface area contributed by atoms with E-state index in [4.69, 9.17) is 4.74 Å². The van der Waals surface area contributed by atoms with Crippen molar-refractivity contribution >= 4 is 28.2 Å². The van der Waals surface area contributed by atoms with Crippen LogP contribution in [0.25, 0.3) is 22.0 Å². The number of carbonyl (C=O) groups is 1. The summed E-state index contributed by atoms with van der Waals surface area (Å²) in [5.74, 6) is 1.44. The third-order valence-corrected chi connectivity index (χ3v) is 6.15. The van der Waals surface area contributed by atoms with Crippen molar-refractivity contribution in [2.24, 2.45) is 0 Å². The highest BCUT2D eigenvalue weighted by molar-refractivity contribution is 5.93. The summed E-state index contributed by atoms with van der Waals surface area (Å²) in [5.41, 5.74) is 2.49. The van der Waals surface area contributed by atoms with Gasteiger partial charge in [0.25, 0.3) is 5.91 Å². The Kier molecular flexibility index (Phi) is 6.66. The van der Waals surface area contributed by atoms with Crippen molar-refractivity contribution in [3.8, 4) is 17.0 Å². The van der Waals surface area contributed by atoms with E-state index in [-0.39, 0.29) is 12.5 Å². The second-order valence-corrected chi connectivity index (χ2v) is 8.57. The molecule has 1 fully saturated rings. The predicted octanol–water partition coefficient (Wildman–Crippen LogP) is 5.69. The highest BCUT2D eigenvalue weighted by Crippen LogP contribution is 2.25. The SMILES string of the molecule is O=C(COc1cccc2ccccc12)Nc1ccc(-c2ccc(N3CCCCCC3)nn2)cc1. The Hall–Kier alpha value is -3.93. The van der Waals surface area contributed by atoms with Crippen LogP contribution in [0, 0.1) is 0 Å². The number of rotatable bonds is 6. The Morgan fingerprint density at radius 2 is 1.59 bits per heavy atom. The summed E-state index contributed by atoms with van der Waals surface area (Å²) in [6.07, 6.45) is 5.01. The number of fused-ring (bicyclic) bond motifs is 1. The van der Waals surface area contributed by atoms with E-state index in [1.165, 1.54) is 25.7 Å². The standard InChI is InChI=1S/C28H28N4O2/c33-28(20-34-26-11-7-9-21-8-3-4-10-24(21)26)29-23-14-12-22(13-15-23)25-16-17-27(31-30-25)32-18-5-1-2-6-19-32/h3-4,7-17H,1-2,5-6,18-20H2,(H,29,33). The summed E-state index contributed by atoms with van der Waals surface area (Å²) in [7, 11) is 0. The molecule has 6 nitrogen and oxygen atoms in total. The number of carbonyl (C=O) groups excluding carboxylic acids is 1. The smallest absolute Gasteiger partial charge is 0.262 e. The molecule has 6 heteroatoms. The van der Waals surface area contributed by atoms with Gasteiger partial charge in [0.05, 0.1) is 5.69 Å².